The molecule has 1 N–H and O–H groups in total. The summed E-state index contributed by atoms with van der Waals surface area (Å²) in [5.74, 6) is 0.215. The molecule has 2 aromatic carbocycles. The van der Waals surface area contributed by atoms with Crippen molar-refractivity contribution in [3.8, 4) is 5.75 Å². The number of hydrogen-bond donors (Lipinski definition) is 1. The van der Waals surface area contributed by atoms with Crippen molar-refractivity contribution in [1.82, 2.24) is 10.2 Å². The van der Waals surface area contributed by atoms with Crippen LogP contribution < -0.4 is 10.1 Å². The lowest BCUT2D eigenvalue weighted by Crippen LogP contribution is -2.51. The highest BCUT2D eigenvalue weighted by Gasteiger charge is 2.29. The van der Waals surface area contributed by atoms with Crippen LogP contribution >= 0.6 is 23.2 Å². The Morgan fingerprint density at radius 2 is 1.82 bits per heavy atom. The van der Waals surface area contributed by atoms with E-state index in [0.717, 1.165) is 42.4 Å². The Balaban J connectivity index is 1.76. The van der Waals surface area contributed by atoms with Gasteiger partial charge in [-0.05, 0) is 68.5 Å². The normalized spacial score (nSPS) is 15.1. The first-order valence-corrected chi connectivity index (χ1v) is 12.2. The summed E-state index contributed by atoms with van der Waals surface area (Å²) in [6.45, 7) is 5.67. The number of rotatable bonds is 8. The van der Waals surface area contributed by atoms with Crippen LogP contribution in [0.1, 0.15) is 55.7 Å². The topological polar surface area (TPSA) is 58.6 Å². The number of halogens is 2. The Kier molecular flexibility index (Phi) is 9.04. The number of nitrogens with zero attached hydrogens (tertiary/aromatic N) is 1. The predicted molar refractivity (Wildman–Crippen MR) is 133 cm³/mol. The van der Waals surface area contributed by atoms with Crippen molar-refractivity contribution in [3.63, 3.8) is 0 Å². The van der Waals surface area contributed by atoms with E-state index < -0.39 is 6.04 Å². The Labute approximate surface area is 206 Å². The Morgan fingerprint density at radius 3 is 2.52 bits per heavy atom. The summed E-state index contributed by atoms with van der Waals surface area (Å²) in [5.41, 5.74) is 2.72. The summed E-state index contributed by atoms with van der Waals surface area (Å²) >= 11 is 12.4. The van der Waals surface area contributed by atoms with Crippen LogP contribution in [0.2, 0.25) is 10.0 Å². The molecule has 33 heavy (non-hydrogen) atoms. The number of carbonyl (C=O) groups is 2. The molecule has 5 nitrogen and oxygen atoms in total. The van der Waals surface area contributed by atoms with Gasteiger partial charge in [0.15, 0.2) is 6.61 Å². The average molecular weight is 491 g/mol. The van der Waals surface area contributed by atoms with Gasteiger partial charge in [0, 0.05) is 22.6 Å². The molecule has 7 heteroatoms. The van der Waals surface area contributed by atoms with E-state index in [1.165, 1.54) is 11.3 Å². The SMILES string of the molecule is Cc1ccc(C)c(OCC(=O)N(Cc2ccc(Cl)cc2Cl)C(C)C(=O)NC2CCCCC2)c1. The molecule has 1 aliphatic carbocycles. The van der Waals surface area contributed by atoms with E-state index in [-0.39, 0.29) is 31.0 Å². The summed E-state index contributed by atoms with van der Waals surface area (Å²) in [6, 6.07) is 10.5. The van der Waals surface area contributed by atoms with Crippen LogP contribution in [-0.4, -0.2) is 35.4 Å². The number of aryl methyl sites for hydroxylation is 2. The molecule has 0 aliphatic heterocycles. The number of hydrogen-bond acceptors (Lipinski definition) is 3. The van der Waals surface area contributed by atoms with Crippen LogP contribution in [0.5, 0.6) is 5.75 Å². The summed E-state index contributed by atoms with van der Waals surface area (Å²) in [5, 5.41) is 4.10. The molecule has 1 fully saturated rings. The van der Waals surface area contributed by atoms with E-state index in [4.69, 9.17) is 27.9 Å². The quantitative estimate of drug-likeness (QED) is 0.504. The molecule has 0 bridgehead atoms. The highest BCUT2D eigenvalue weighted by Crippen LogP contribution is 2.24. The third kappa shape index (κ3) is 7.12. The lowest BCUT2D eigenvalue weighted by atomic mass is 9.95. The predicted octanol–water partition coefficient (Wildman–Crippen LogP) is 5.86. The molecule has 0 saturated heterocycles. The molecule has 1 unspecified atom stereocenters. The van der Waals surface area contributed by atoms with Gasteiger partial charge in [-0.1, -0.05) is 60.7 Å². The first-order valence-electron chi connectivity index (χ1n) is 11.5. The van der Waals surface area contributed by atoms with Gasteiger partial charge in [0.2, 0.25) is 5.91 Å². The van der Waals surface area contributed by atoms with Crippen LogP contribution in [-0.2, 0) is 16.1 Å². The number of benzene rings is 2. The van der Waals surface area contributed by atoms with Crippen molar-refractivity contribution in [3.05, 3.63) is 63.1 Å². The van der Waals surface area contributed by atoms with E-state index in [1.807, 2.05) is 32.0 Å². The van der Waals surface area contributed by atoms with Crippen LogP contribution in [0.3, 0.4) is 0 Å². The highest BCUT2D eigenvalue weighted by molar-refractivity contribution is 6.35. The van der Waals surface area contributed by atoms with Gasteiger partial charge in [0.25, 0.3) is 5.91 Å². The lowest BCUT2D eigenvalue weighted by molar-refractivity contribution is -0.142. The van der Waals surface area contributed by atoms with E-state index in [2.05, 4.69) is 5.32 Å². The molecule has 1 saturated carbocycles. The van der Waals surface area contributed by atoms with Crippen molar-refractivity contribution in [2.75, 3.05) is 6.61 Å². The van der Waals surface area contributed by atoms with Crippen molar-refractivity contribution in [2.45, 2.75) is 71.5 Å². The standard InChI is InChI=1S/C26H32Cl2N2O3/c1-17-9-10-18(2)24(13-17)33-16-25(31)30(15-20-11-12-21(27)14-23(20)28)19(3)26(32)29-22-7-5-4-6-8-22/h9-14,19,22H,4-8,15-16H2,1-3H3,(H,29,32). The van der Waals surface area contributed by atoms with E-state index in [0.29, 0.717) is 15.8 Å². The van der Waals surface area contributed by atoms with Crippen LogP contribution in [0, 0.1) is 13.8 Å². The molecule has 0 heterocycles. The molecule has 1 atom stereocenters. The monoisotopic (exact) mass is 490 g/mol. The Hall–Kier alpha value is -2.24. The van der Waals surface area contributed by atoms with Crippen LogP contribution in [0.15, 0.2) is 36.4 Å². The summed E-state index contributed by atoms with van der Waals surface area (Å²) in [6.07, 6.45) is 5.39. The first kappa shape index (κ1) is 25.4. The minimum Gasteiger partial charge on any atom is -0.483 e. The van der Waals surface area contributed by atoms with Crippen molar-refractivity contribution < 1.29 is 14.3 Å². The van der Waals surface area contributed by atoms with Gasteiger partial charge in [0.1, 0.15) is 11.8 Å². The third-order valence-corrected chi connectivity index (χ3v) is 6.76. The molecule has 2 amide bonds. The first-order chi connectivity index (χ1) is 15.7. The van der Waals surface area contributed by atoms with Crippen LogP contribution in [0.4, 0.5) is 0 Å². The molecule has 2 aromatic rings. The zero-order chi connectivity index (χ0) is 24.0. The highest BCUT2D eigenvalue weighted by atomic mass is 35.5. The van der Waals surface area contributed by atoms with E-state index >= 15 is 0 Å². The molecule has 0 aromatic heterocycles. The smallest absolute Gasteiger partial charge is 0.261 e. The average Bonchev–Trinajstić information content (AvgIpc) is 2.79. The number of carbonyl (C=O) groups excluding carboxylic acids is 2. The fourth-order valence-corrected chi connectivity index (χ4v) is 4.54. The Bertz CT molecular complexity index is 989. The minimum atomic E-state index is -0.673. The second-order valence-corrected chi connectivity index (χ2v) is 9.68. The summed E-state index contributed by atoms with van der Waals surface area (Å²) in [4.78, 5) is 27.9. The molecule has 1 aliphatic rings. The fraction of sp³-hybridized carbons (Fsp3) is 0.462. The van der Waals surface area contributed by atoms with Gasteiger partial charge in [-0.25, -0.2) is 0 Å². The maximum atomic E-state index is 13.3. The zero-order valence-electron chi connectivity index (χ0n) is 19.5. The summed E-state index contributed by atoms with van der Waals surface area (Å²) in [7, 11) is 0. The largest absolute Gasteiger partial charge is 0.483 e. The van der Waals surface area contributed by atoms with Crippen molar-refractivity contribution in [2.24, 2.45) is 0 Å². The van der Waals surface area contributed by atoms with Gasteiger partial charge in [-0.3, -0.25) is 9.59 Å². The van der Waals surface area contributed by atoms with Gasteiger partial charge < -0.3 is 15.0 Å². The second kappa shape index (κ2) is 11.8. The van der Waals surface area contributed by atoms with Gasteiger partial charge in [-0.15, -0.1) is 0 Å². The zero-order valence-corrected chi connectivity index (χ0v) is 21.0. The molecular weight excluding hydrogens is 459 g/mol. The minimum absolute atomic E-state index is 0.160. The van der Waals surface area contributed by atoms with E-state index in [9.17, 15) is 9.59 Å². The number of nitrogens with one attached hydrogen (secondary N) is 1. The van der Waals surface area contributed by atoms with Crippen molar-refractivity contribution in [1.29, 1.82) is 0 Å². The van der Waals surface area contributed by atoms with Gasteiger partial charge >= 0.3 is 0 Å². The molecular formula is C26H32Cl2N2O3. The molecule has 0 radical (unpaired) electrons. The van der Waals surface area contributed by atoms with Crippen LogP contribution in [0.25, 0.3) is 0 Å². The van der Waals surface area contributed by atoms with Crippen molar-refractivity contribution >= 4 is 35.0 Å². The molecule has 3 rings (SSSR count). The van der Waals surface area contributed by atoms with E-state index in [1.54, 1.807) is 25.1 Å². The fourth-order valence-electron chi connectivity index (χ4n) is 4.07. The maximum absolute atomic E-state index is 13.3. The summed E-state index contributed by atoms with van der Waals surface area (Å²) < 4.78 is 5.85. The third-order valence-electron chi connectivity index (χ3n) is 6.17. The second-order valence-electron chi connectivity index (χ2n) is 8.83. The lowest BCUT2D eigenvalue weighted by Gasteiger charge is -2.31. The number of ether oxygens (including phenoxy) is 1. The maximum Gasteiger partial charge on any atom is 0.261 e. The Morgan fingerprint density at radius 1 is 1.09 bits per heavy atom. The van der Waals surface area contributed by atoms with Gasteiger partial charge in [0.05, 0.1) is 0 Å². The molecule has 178 valence electrons. The number of amides is 2. The van der Waals surface area contributed by atoms with Gasteiger partial charge in [-0.2, -0.15) is 0 Å². The molecule has 0 spiro atoms.